The molecule has 78 valence electrons. The quantitative estimate of drug-likeness (QED) is 0.587. The fraction of sp³-hybridized carbons (Fsp3) is 0.800. The van der Waals surface area contributed by atoms with Gasteiger partial charge < -0.3 is 0 Å². The molecule has 0 aliphatic heterocycles. The van der Waals surface area contributed by atoms with Gasteiger partial charge in [-0.2, -0.15) is 20.8 Å². The maximum atomic E-state index is 8.84. The molecule has 2 atom stereocenters. The molecule has 0 rings (SSSR count). The largest absolute Gasteiger partial charge is 0.196 e. The number of rotatable bonds is 4. The molecule has 0 aliphatic carbocycles. The second-order valence-electron chi connectivity index (χ2n) is 3.68. The third kappa shape index (κ3) is 5.70. The molecule has 0 saturated carbocycles. The third-order valence-corrected chi connectivity index (χ3v) is 2.35. The van der Waals surface area contributed by atoms with Crippen molar-refractivity contribution < 1.29 is 0 Å². The van der Waals surface area contributed by atoms with Gasteiger partial charge in [-0.15, -0.1) is 0 Å². The standard InChI is InChI=1S/C10H16N4.Ba/c1-5-9(3,7-11)13-14-10(4,6-2)8-12;/h5-6H2,1-4H3;. The molecule has 0 aromatic carbocycles. The summed E-state index contributed by atoms with van der Waals surface area (Å²) in [6, 6.07) is 4.16. The monoisotopic (exact) mass is 330 g/mol. The average molecular weight is 330 g/mol. The normalized spacial score (nSPS) is 18.0. The summed E-state index contributed by atoms with van der Waals surface area (Å²) in [7, 11) is 0. The van der Waals surface area contributed by atoms with Crippen molar-refractivity contribution in [3.63, 3.8) is 0 Å². The van der Waals surface area contributed by atoms with E-state index in [9.17, 15) is 0 Å². The SMILES string of the molecule is CCC(C)(C#N)N=NC(C)(C#N)CC.[Ba]. The summed E-state index contributed by atoms with van der Waals surface area (Å²) >= 11 is 0. The average Bonchev–Trinajstić information content (AvgIpc) is 2.25. The van der Waals surface area contributed by atoms with Gasteiger partial charge in [0.15, 0.2) is 11.1 Å². The van der Waals surface area contributed by atoms with Crippen molar-refractivity contribution in [3.8, 4) is 12.1 Å². The van der Waals surface area contributed by atoms with Gasteiger partial charge in [-0.25, -0.2) is 0 Å². The Balaban J connectivity index is 0. The summed E-state index contributed by atoms with van der Waals surface area (Å²) in [6.07, 6.45) is 1.19. The Labute approximate surface area is 132 Å². The second kappa shape index (κ2) is 7.43. The van der Waals surface area contributed by atoms with E-state index in [1.165, 1.54) is 0 Å². The summed E-state index contributed by atoms with van der Waals surface area (Å²) in [4.78, 5) is 0. The molecule has 2 radical (unpaired) electrons. The first-order chi connectivity index (χ1) is 6.45. The summed E-state index contributed by atoms with van der Waals surface area (Å²) in [5, 5.41) is 25.6. The van der Waals surface area contributed by atoms with E-state index < -0.39 is 11.1 Å². The Kier molecular flexibility index (Phi) is 8.69. The number of nitriles is 2. The molecular formula is C10H16BaN4. The first-order valence-electron chi connectivity index (χ1n) is 4.72. The second-order valence-corrected chi connectivity index (χ2v) is 3.68. The molecule has 0 aliphatic rings. The smallest absolute Gasteiger partial charge is 0.164 e. The molecule has 0 aromatic rings. The summed E-state index contributed by atoms with van der Waals surface area (Å²) < 4.78 is 0. The molecule has 0 fully saturated rings. The van der Waals surface area contributed by atoms with Crippen molar-refractivity contribution in [2.75, 3.05) is 0 Å². The van der Waals surface area contributed by atoms with Gasteiger partial charge in [0.25, 0.3) is 0 Å². The molecule has 0 saturated heterocycles. The molecule has 0 spiro atoms. The Morgan fingerprint density at radius 3 is 1.33 bits per heavy atom. The molecule has 0 N–H and O–H groups in total. The third-order valence-electron chi connectivity index (χ3n) is 2.35. The predicted molar refractivity (Wildman–Crippen MR) is 59.2 cm³/mol. The Morgan fingerprint density at radius 2 is 1.20 bits per heavy atom. The van der Waals surface area contributed by atoms with Gasteiger partial charge in [0.2, 0.25) is 0 Å². The van der Waals surface area contributed by atoms with Gasteiger partial charge in [-0.05, 0) is 26.7 Å². The molecule has 2 unspecified atom stereocenters. The Morgan fingerprint density at radius 1 is 0.933 bits per heavy atom. The van der Waals surface area contributed by atoms with Crippen molar-refractivity contribution in [2.24, 2.45) is 10.2 Å². The van der Waals surface area contributed by atoms with Crippen LogP contribution in [0.15, 0.2) is 10.2 Å². The zero-order valence-corrected chi connectivity index (χ0v) is 14.4. The number of hydrogen-bond donors (Lipinski definition) is 0. The van der Waals surface area contributed by atoms with Crippen LogP contribution in [0.3, 0.4) is 0 Å². The maximum absolute atomic E-state index is 8.84. The molecule has 0 aromatic heterocycles. The molecule has 0 heterocycles. The molecule has 15 heavy (non-hydrogen) atoms. The van der Waals surface area contributed by atoms with E-state index in [2.05, 4.69) is 22.4 Å². The maximum Gasteiger partial charge on any atom is 0.164 e. The first kappa shape index (κ1) is 17.5. The van der Waals surface area contributed by atoms with Gasteiger partial charge in [0, 0.05) is 48.9 Å². The van der Waals surface area contributed by atoms with Crippen LogP contribution >= 0.6 is 0 Å². The molecular weight excluding hydrogens is 313 g/mol. The summed E-state index contributed by atoms with van der Waals surface area (Å²) in [5.74, 6) is 0. The zero-order chi connectivity index (χ0) is 11.2. The fourth-order valence-electron chi connectivity index (χ4n) is 0.565. The minimum atomic E-state index is -0.798. The Bertz CT molecular complexity index is 272. The van der Waals surface area contributed by atoms with Gasteiger partial charge in [-0.1, -0.05) is 13.8 Å². The Hall–Kier alpha value is 0.151. The van der Waals surface area contributed by atoms with E-state index in [0.29, 0.717) is 12.8 Å². The van der Waals surface area contributed by atoms with Crippen LogP contribution in [0.2, 0.25) is 0 Å². The van der Waals surface area contributed by atoms with E-state index in [4.69, 9.17) is 10.5 Å². The van der Waals surface area contributed by atoms with Gasteiger partial charge in [-0.3, -0.25) is 0 Å². The molecule has 4 nitrogen and oxygen atoms in total. The van der Waals surface area contributed by atoms with Crippen LogP contribution in [0, 0.1) is 22.7 Å². The minimum absolute atomic E-state index is 0. The fourth-order valence-corrected chi connectivity index (χ4v) is 0.565. The number of hydrogen-bond acceptors (Lipinski definition) is 4. The van der Waals surface area contributed by atoms with Crippen LogP contribution < -0.4 is 0 Å². The minimum Gasteiger partial charge on any atom is -0.196 e. The van der Waals surface area contributed by atoms with Gasteiger partial charge >= 0.3 is 0 Å². The summed E-state index contributed by atoms with van der Waals surface area (Å²) in [6.45, 7) is 7.17. The van der Waals surface area contributed by atoms with Crippen LogP contribution in [0.4, 0.5) is 0 Å². The summed E-state index contributed by atoms with van der Waals surface area (Å²) in [5.41, 5.74) is -1.60. The van der Waals surface area contributed by atoms with Crippen LogP contribution in [-0.2, 0) is 0 Å². The van der Waals surface area contributed by atoms with E-state index in [1.54, 1.807) is 13.8 Å². The molecule has 0 bridgehead atoms. The molecule has 5 heteroatoms. The van der Waals surface area contributed by atoms with Crippen molar-refractivity contribution >= 4 is 48.9 Å². The van der Waals surface area contributed by atoms with Crippen molar-refractivity contribution in [1.29, 1.82) is 10.5 Å². The van der Waals surface area contributed by atoms with Crippen LogP contribution in [0.5, 0.6) is 0 Å². The predicted octanol–water partition coefficient (Wildman–Crippen LogP) is 2.44. The molecule has 0 amide bonds. The first-order valence-corrected chi connectivity index (χ1v) is 4.72. The van der Waals surface area contributed by atoms with Crippen molar-refractivity contribution in [1.82, 2.24) is 0 Å². The van der Waals surface area contributed by atoms with Gasteiger partial charge in [0.1, 0.15) is 0 Å². The van der Waals surface area contributed by atoms with Crippen LogP contribution in [0.1, 0.15) is 40.5 Å². The van der Waals surface area contributed by atoms with E-state index >= 15 is 0 Å². The van der Waals surface area contributed by atoms with Crippen molar-refractivity contribution in [3.05, 3.63) is 0 Å². The van der Waals surface area contributed by atoms with Gasteiger partial charge in [0.05, 0.1) is 12.1 Å². The topological polar surface area (TPSA) is 72.3 Å². The van der Waals surface area contributed by atoms with Crippen LogP contribution in [-0.4, -0.2) is 60.0 Å². The van der Waals surface area contributed by atoms with E-state index in [-0.39, 0.29) is 48.9 Å². The van der Waals surface area contributed by atoms with E-state index in [1.807, 2.05) is 13.8 Å². The zero-order valence-electron chi connectivity index (χ0n) is 9.91. The number of azo groups is 1. The van der Waals surface area contributed by atoms with E-state index in [0.717, 1.165) is 0 Å². The number of nitrogens with zero attached hydrogens (tertiary/aromatic N) is 4. The van der Waals surface area contributed by atoms with Crippen molar-refractivity contribution in [2.45, 2.75) is 51.6 Å². The van der Waals surface area contributed by atoms with Crippen LogP contribution in [0.25, 0.3) is 0 Å².